The number of unbranched alkanes of at least 4 members (excludes halogenated alkanes) is 3. The van der Waals surface area contributed by atoms with Gasteiger partial charge in [0.15, 0.2) is 0 Å². The van der Waals surface area contributed by atoms with Gasteiger partial charge in [0.1, 0.15) is 11.5 Å². The van der Waals surface area contributed by atoms with Crippen molar-refractivity contribution < 1.29 is 14.3 Å². The van der Waals surface area contributed by atoms with E-state index < -0.39 is 0 Å². The SMILES string of the molecule is CCCCCCC(C)Oc1ccc(C(=O)Oc2ccc(-c3ccc(Br)cc3)cc2)cc1. The number of ether oxygens (including phenoxy) is 2. The van der Waals surface area contributed by atoms with Gasteiger partial charge in [-0.3, -0.25) is 0 Å². The lowest BCUT2D eigenvalue weighted by Crippen LogP contribution is -2.12. The van der Waals surface area contributed by atoms with Crippen molar-refractivity contribution in [3.63, 3.8) is 0 Å². The van der Waals surface area contributed by atoms with Gasteiger partial charge in [0.05, 0.1) is 11.7 Å². The first-order chi connectivity index (χ1) is 15.0. The van der Waals surface area contributed by atoms with Gasteiger partial charge in [0.2, 0.25) is 0 Å². The van der Waals surface area contributed by atoms with Gasteiger partial charge in [-0.15, -0.1) is 0 Å². The first kappa shape index (κ1) is 23.1. The minimum Gasteiger partial charge on any atom is -0.491 e. The highest BCUT2D eigenvalue weighted by atomic mass is 79.9. The van der Waals surface area contributed by atoms with Crippen LogP contribution in [0.2, 0.25) is 0 Å². The number of esters is 1. The third-order valence-corrected chi connectivity index (χ3v) is 5.66. The molecule has 3 rings (SSSR count). The van der Waals surface area contributed by atoms with Crippen LogP contribution in [0.3, 0.4) is 0 Å². The molecule has 0 saturated carbocycles. The Labute approximate surface area is 193 Å². The van der Waals surface area contributed by atoms with Crippen molar-refractivity contribution in [2.75, 3.05) is 0 Å². The maximum Gasteiger partial charge on any atom is 0.343 e. The highest BCUT2D eigenvalue weighted by Gasteiger charge is 2.10. The molecule has 0 aliphatic heterocycles. The van der Waals surface area contributed by atoms with Crippen LogP contribution in [0, 0.1) is 0 Å². The Balaban J connectivity index is 1.52. The number of carbonyl (C=O) groups is 1. The monoisotopic (exact) mass is 480 g/mol. The fourth-order valence-corrected chi connectivity index (χ4v) is 3.61. The molecule has 4 heteroatoms. The first-order valence-electron chi connectivity index (χ1n) is 10.9. The van der Waals surface area contributed by atoms with Crippen molar-refractivity contribution in [1.29, 1.82) is 0 Å². The molecular weight excluding hydrogens is 452 g/mol. The largest absolute Gasteiger partial charge is 0.491 e. The molecule has 0 heterocycles. The summed E-state index contributed by atoms with van der Waals surface area (Å²) in [6.45, 7) is 4.30. The van der Waals surface area contributed by atoms with Crippen LogP contribution in [0.4, 0.5) is 0 Å². The molecule has 0 aliphatic carbocycles. The molecule has 0 spiro atoms. The van der Waals surface area contributed by atoms with Crippen LogP contribution < -0.4 is 9.47 Å². The van der Waals surface area contributed by atoms with Crippen molar-refractivity contribution >= 4 is 21.9 Å². The second-order valence-electron chi connectivity index (χ2n) is 7.72. The van der Waals surface area contributed by atoms with Crippen molar-refractivity contribution in [1.82, 2.24) is 0 Å². The first-order valence-corrected chi connectivity index (χ1v) is 11.7. The maximum atomic E-state index is 12.5. The quantitative estimate of drug-likeness (QED) is 0.167. The summed E-state index contributed by atoms with van der Waals surface area (Å²) in [6.07, 6.45) is 6.15. The Hall–Kier alpha value is -2.59. The van der Waals surface area contributed by atoms with E-state index in [-0.39, 0.29) is 12.1 Å². The van der Waals surface area contributed by atoms with E-state index in [2.05, 4.69) is 29.8 Å². The summed E-state index contributed by atoms with van der Waals surface area (Å²) >= 11 is 3.44. The molecule has 1 atom stereocenters. The zero-order chi connectivity index (χ0) is 22.1. The van der Waals surface area contributed by atoms with Crippen LogP contribution >= 0.6 is 15.9 Å². The second-order valence-corrected chi connectivity index (χ2v) is 8.64. The molecule has 0 saturated heterocycles. The molecule has 0 bridgehead atoms. The molecule has 0 radical (unpaired) electrons. The van der Waals surface area contributed by atoms with E-state index in [9.17, 15) is 4.79 Å². The molecule has 31 heavy (non-hydrogen) atoms. The molecule has 0 aromatic heterocycles. The van der Waals surface area contributed by atoms with Crippen molar-refractivity contribution in [2.24, 2.45) is 0 Å². The van der Waals surface area contributed by atoms with E-state index in [0.29, 0.717) is 11.3 Å². The van der Waals surface area contributed by atoms with E-state index in [1.54, 1.807) is 12.1 Å². The summed E-state index contributed by atoms with van der Waals surface area (Å²) in [5, 5.41) is 0. The normalized spacial score (nSPS) is 11.7. The Morgan fingerprint density at radius 3 is 2.00 bits per heavy atom. The minimum absolute atomic E-state index is 0.166. The summed E-state index contributed by atoms with van der Waals surface area (Å²) in [4.78, 5) is 12.5. The summed E-state index contributed by atoms with van der Waals surface area (Å²) < 4.78 is 12.5. The van der Waals surface area contributed by atoms with Crippen LogP contribution in [-0.4, -0.2) is 12.1 Å². The third kappa shape index (κ3) is 7.25. The van der Waals surface area contributed by atoms with Crippen molar-refractivity contribution in [2.45, 2.75) is 52.1 Å². The molecule has 3 aromatic carbocycles. The zero-order valence-corrected chi connectivity index (χ0v) is 19.7. The zero-order valence-electron chi connectivity index (χ0n) is 18.1. The second kappa shape index (κ2) is 11.7. The maximum absolute atomic E-state index is 12.5. The van der Waals surface area contributed by atoms with E-state index in [1.807, 2.05) is 60.7 Å². The molecule has 0 aliphatic rings. The standard InChI is InChI=1S/C27H29BrO3/c1-3-4-5-6-7-20(2)30-25-18-12-23(13-19-25)27(29)31-26-16-10-22(11-17-26)21-8-14-24(28)15-9-21/h8-20H,3-7H2,1-2H3. The van der Waals surface area contributed by atoms with Gasteiger partial charge < -0.3 is 9.47 Å². The number of hydrogen-bond acceptors (Lipinski definition) is 3. The van der Waals surface area contributed by atoms with E-state index in [4.69, 9.17) is 9.47 Å². The molecule has 3 aromatic rings. The van der Waals surface area contributed by atoms with Gasteiger partial charge in [-0.05, 0) is 79.4 Å². The minimum atomic E-state index is -0.379. The Kier molecular flexibility index (Phi) is 8.72. The van der Waals surface area contributed by atoms with Gasteiger partial charge in [-0.25, -0.2) is 4.79 Å². The summed E-state index contributed by atoms with van der Waals surface area (Å²) in [6, 6.07) is 22.8. The summed E-state index contributed by atoms with van der Waals surface area (Å²) in [5.41, 5.74) is 2.67. The van der Waals surface area contributed by atoms with Gasteiger partial charge in [0, 0.05) is 4.47 Å². The van der Waals surface area contributed by atoms with Crippen molar-refractivity contribution in [3.8, 4) is 22.6 Å². The molecule has 162 valence electrons. The summed E-state index contributed by atoms with van der Waals surface area (Å²) in [7, 11) is 0. The van der Waals surface area contributed by atoms with Crippen LogP contribution in [0.25, 0.3) is 11.1 Å². The average molecular weight is 481 g/mol. The lowest BCUT2D eigenvalue weighted by atomic mass is 10.1. The molecule has 0 N–H and O–H groups in total. The van der Waals surface area contributed by atoms with Crippen LogP contribution in [-0.2, 0) is 0 Å². The molecule has 1 unspecified atom stereocenters. The fraction of sp³-hybridized carbons (Fsp3) is 0.296. The van der Waals surface area contributed by atoms with Crippen molar-refractivity contribution in [3.05, 3.63) is 82.8 Å². The van der Waals surface area contributed by atoms with Crippen LogP contribution in [0.1, 0.15) is 56.3 Å². The lowest BCUT2D eigenvalue weighted by molar-refractivity contribution is 0.0734. The third-order valence-electron chi connectivity index (χ3n) is 5.13. The van der Waals surface area contributed by atoms with Gasteiger partial charge in [0.25, 0.3) is 0 Å². The number of benzene rings is 3. The number of hydrogen-bond donors (Lipinski definition) is 0. The predicted molar refractivity (Wildman–Crippen MR) is 130 cm³/mol. The topological polar surface area (TPSA) is 35.5 Å². The number of halogens is 1. The van der Waals surface area contributed by atoms with Gasteiger partial charge in [-0.2, -0.15) is 0 Å². The van der Waals surface area contributed by atoms with E-state index in [1.165, 1.54) is 25.7 Å². The lowest BCUT2D eigenvalue weighted by Gasteiger charge is -2.14. The molecular formula is C27H29BrO3. The highest BCUT2D eigenvalue weighted by molar-refractivity contribution is 9.10. The van der Waals surface area contributed by atoms with Crippen LogP contribution in [0.5, 0.6) is 11.5 Å². The average Bonchev–Trinajstić information content (AvgIpc) is 2.78. The Morgan fingerprint density at radius 1 is 0.806 bits per heavy atom. The van der Waals surface area contributed by atoms with E-state index in [0.717, 1.165) is 27.8 Å². The predicted octanol–water partition coefficient (Wildman–Crippen LogP) is 8.07. The number of rotatable bonds is 10. The smallest absolute Gasteiger partial charge is 0.343 e. The van der Waals surface area contributed by atoms with Gasteiger partial charge in [-0.1, -0.05) is 66.4 Å². The molecule has 3 nitrogen and oxygen atoms in total. The van der Waals surface area contributed by atoms with E-state index >= 15 is 0 Å². The van der Waals surface area contributed by atoms with Crippen LogP contribution in [0.15, 0.2) is 77.3 Å². The Morgan fingerprint density at radius 2 is 1.39 bits per heavy atom. The fourth-order valence-electron chi connectivity index (χ4n) is 3.34. The Bertz CT molecular complexity index is 947. The molecule has 0 amide bonds. The van der Waals surface area contributed by atoms with Gasteiger partial charge >= 0.3 is 5.97 Å². The molecule has 0 fully saturated rings. The number of carbonyl (C=O) groups excluding carboxylic acids is 1. The highest BCUT2D eigenvalue weighted by Crippen LogP contribution is 2.25. The summed E-state index contributed by atoms with van der Waals surface area (Å²) in [5.74, 6) is 0.917.